The van der Waals surface area contributed by atoms with Gasteiger partial charge in [-0.05, 0) is 24.8 Å². The van der Waals surface area contributed by atoms with Gasteiger partial charge in [-0.2, -0.15) is 0 Å². The Hall–Kier alpha value is -1.84. The minimum absolute atomic E-state index is 0.0307. The molecule has 102 valence electrons. The second-order valence-electron chi connectivity index (χ2n) is 5.00. The Morgan fingerprint density at radius 3 is 2.89 bits per heavy atom. The fourth-order valence-corrected chi connectivity index (χ4v) is 2.47. The van der Waals surface area contributed by atoms with E-state index in [-0.39, 0.29) is 24.3 Å². The summed E-state index contributed by atoms with van der Waals surface area (Å²) < 4.78 is 4.60. The van der Waals surface area contributed by atoms with E-state index in [9.17, 15) is 9.59 Å². The molecule has 19 heavy (non-hydrogen) atoms. The summed E-state index contributed by atoms with van der Waals surface area (Å²) in [6, 6.07) is 8.28. The van der Waals surface area contributed by atoms with Crippen molar-refractivity contribution in [2.45, 2.75) is 25.7 Å². The molecule has 1 aromatic carbocycles. The maximum Gasteiger partial charge on any atom is 0.325 e. The smallest absolute Gasteiger partial charge is 0.325 e. The van der Waals surface area contributed by atoms with Gasteiger partial charge in [-0.1, -0.05) is 29.8 Å². The molecule has 0 N–H and O–H groups in total. The summed E-state index contributed by atoms with van der Waals surface area (Å²) in [5, 5.41) is 0. The van der Waals surface area contributed by atoms with Crippen molar-refractivity contribution in [1.29, 1.82) is 0 Å². The molecular formula is C15H19NO3. The third kappa shape index (κ3) is 3.34. The maximum atomic E-state index is 12.0. The van der Waals surface area contributed by atoms with E-state index in [1.54, 1.807) is 4.90 Å². The molecule has 0 aromatic heterocycles. The van der Waals surface area contributed by atoms with Crippen LogP contribution in [0.2, 0.25) is 0 Å². The average molecular weight is 261 g/mol. The molecule has 4 heteroatoms. The molecule has 1 aliphatic rings. The van der Waals surface area contributed by atoms with Crippen molar-refractivity contribution in [3.8, 4) is 0 Å². The molecule has 1 aliphatic heterocycles. The van der Waals surface area contributed by atoms with E-state index in [2.05, 4.69) is 29.9 Å². The average Bonchev–Trinajstić information content (AvgIpc) is 2.41. The first-order chi connectivity index (χ1) is 9.10. The summed E-state index contributed by atoms with van der Waals surface area (Å²) in [7, 11) is 1.34. The number of benzene rings is 1. The number of nitrogens with zero attached hydrogens (tertiary/aromatic N) is 1. The van der Waals surface area contributed by atoms with Crippen LogP contribution in [0.3, 0.4) is 0 Å². The van der Waals surface area contributed by atoms with Gasteiger partial charge < -0.3 is 9.64 Å². The zero-order chi connectivity index (χ0) is 13.8. The van der Waals surface area contributed by atoms with Crippen molar-refractivity contribution < 1.29 is 14.3 Å². The fraction of sp³-hybridized carbons (Fsp3) is 0.467. The summed E-state index contributed by atoms with van der Waals surface area (Å²) in [6.45, 7) is 2.74. The highest BCUT2D eigenvalue weighted by molar-refractivity contribution is 5.83. The first kappa shape index (κ1) is 13.6. The molecule has 1 aromatic rings. The predicted molar refractivity (Wildman–Crippen MR) is 71.8 cm³/mol. The molecule has 0 bridgehead atoms. The lowest BCUT2D eigenvalue weighted by atomic mass is 9.88. The second kappa shape index (κ2) is 5.87. The molecule has 0 unspecified atom stereocenters. The van der Waals surface area contributed by atoms with Crippen LogP contribution in [-0.2, 0) is 14.3 Å². The second-order valence-corrected chi connectivity index (χ2v) is 5.00. The van der Waals surface area contributed by atoms with Crippen molar-refractivity contribution in [3.63, 3.8) is 0 Å². The van der Waals surface area contributed by atoms with E-state index in [4.69, 9.17) is 0 Å². The SMILES string of the molecule is COC(=O)CN1CC[C@H](c2cccc(C)c2)CC1=O. The third-order valence-electron chi connectivity index (χ3n) is 3.58. The summed E-state index contributed by atoms with van der Waals surface area (Å²) >= 11 is 0. The van der Waals surface area contributed by atoms with Gasteiger partial charge in [0.2, 0.25) is 5.91 Å². The van der Waals surface area contributed by atoms with Gasteiger partial charge in [0.15, 0.2) is 0 Å². The van der Waals surface area contributed by atoms with Crippen LogP contribution in [0.4, 0.5) is 0 Å². The molecule has 1 saturated heterocycles. The number of methoxy groups -OCH3 is 1. The highest BCUT2D eigenvalue weighted by Gasteiger charge is 2.28. The van der Waals surface area contributed by atoms with Crippen LogP contribution in [0.15, 0.2) is 24.3 Å². The molecule has 0 saturated carbocycles. The molecule has 1 amide bonds. The van der Waals surface area contributed by atoms with E-state index in [1.165, 1.54) is 18.2 Å². The lowest BCUT2D eigenvalue weighted by molar-refractivity contribution is -0.148. The minimum Gasteiger partial charge on any atom is -0.468 e. The maximum absolute atomic E-state index is 12.0. The highest BCUT2D eigenvalue weighted by Crippen LogP contribution is 2.29. The number of likely N-dealkylation sites (tertiary alicyclic amines) is 1. The number of carbonyl (C=O) groups excluding carboxylic acids is 2. The Labute approximate surface area is 113 Å². The van der Waals surface area contributed by atoms with Crippen LogP contribution in [0.5, 0.6) is 0 Å². The monoisotopic (exact) mass is 261 g/mol. The van der Waals surface area contributed by atoms with Gasteiger partial charge in [0.1, 0.15) is 6.54 Å². The van der Waals surface area contributed by atoms with Crippen molar-refractivity contribution >= 4 is 11.9 Å². The number of ether oxygens (including phenoxy) is 1. The van der Waals surface area contributed by atoms with Crippen molar-refractivity contribution in [2.24, 2.45) is 0 Å². The molecule has 0 radical (unpaired) electrons. The third-order valence-corrected chi connectivity index (χ3v) is 3.58. The Balaban J connectivity index is 2.00. The van der Waals surface area contributed by atoms with Gasteiger partial charge in [0, 0.05) is 13.0 Å². The Morgan fingerprint density at radius 1 is 1.47 bits per heavy atom. The minimum atomic E-state index is -0.359. The topological polar surface area (TPSA) is 46.6 Å². The number of aryl methyl sites for hydroxylation is 1. The summed E-state index contributed by atoms with van der Waals surface area (Å²) in [5.74, 6) is -0.0631. The largest absolute Gasteiger partial charge is 0.468 e. The Morgan fingerprint density at radius 2 is 2.26 bits per heavy atom. The first-order valence-electron chi connectivity index (χ1n) is 6.51. The highest BCUT2D eigenvalue weighted by atomic mass is 16.5. The summed E-state index contributed by atoms with van der Waals surface area (Å²) in [4.78, 5) is 24.8. The number of amides is 1. The number of carbonyl (C=O) groups is 2. The molecule has 0 aliphatic carbocycles. The van der Waals surface area contributed by atoms with Crippen LogP contribution in [0, 0.1) is 6.92 Å². The number of hydrogen-bond acceptors (Lipinski definition) is 3. The lowest BCUT2D eigenvalue weighted by Gasteiger charge is -2.31. The number of esters is 1. The summed E-state index contributed by atoms with van der Waals surface area (Å²) in [6.07, 6.45) is 1.37. The van der Waals surface area contributed by atoms with E-state index >= 15 is 0 Å². The zero-order valence-corrected chi connectivity index (χ0v) is 11.4. The number of hydrogen-bond donors (Lipinski definition) is 0. The zero-order valence-electron chi connectivity index (χ0n) is 11.4. The van der Waals surface area contributed by atoms with Gasteiger partial charge in [-0.25, -0.2) is 0 Å². The normalized spacial score (nSPS) is 19.4. The lowest BCUT2D eigenvalue weighted by Crippen LogP contribution is -2.41. The van der Waals surface area contributed by atoms with E-state index < -0.39 is 0 Å². The van der Waals surface area contributed by atoms with E-state index in [0.29, 0.717) is 13.0 Å². The standard InChI is InChI=1S/C15H19NO3/c1-11-4-3-5-12(8-11)13-6-7-16(14(17)9-13)10-15(18)19-2/h3-5,8,13H,6-7,9-10H2,1-2H3/t13-/m0/s1. The van der Waals surface area contributed by atoms with Crippen molar-refractivity contribution in [2.75, 3.05) is 20.2 Å². The van der Waals surface area contributed by atoms with Gasteiger partial charge >= 0.3 is 5.97 Å². The van der Waals surface area contributed by atoms with Gasteiger partial charge in [0.25, 0.3) is 0 Å². The van der Waals surface area contributed by atoms with Crippen molar-refractivity contribution in [1.82, 2.24) is 4.90 Å². The van der Waals surface area contributed by atoms with Crippen LogP contribution in [0.25, 0.3) is 0 Å². The Bertz CT molecular complexity index is 484. The van der Waals surface area contributed by atoms with Gasteiger partial charge in [-0.15, -0.1) is 0 Å². The first-order valence-corrected chi connectivity index (χ1v) is 6.51. The fourth-order valence-electron chi connectivity index (χ4n) is 2.47. The van der Waals surface area contributed by atoms with Gasteiger partial charge in [0.05, 0.1) is 7.11 Å². The molecule has 1 atom stereocenters. The van der Waals surface area contributed by atoms with Crippen molar-refractivity contribution in [3.05, 3.63) is 35.4 Å². The van der Waals surface area contributed by atoms with E-state index in [1.807, 2.05) is 6.07 Å². The van der Waals surface area contributed by atoms with Crippen LogP contribution >= 0.6 is 0 Å². The quantitative estimate of drug-likeness (QED) is 0.780. The molecular weight excluding hydrogens is 242 g/mol. The Kier molecular flexibility index (Phi) is 4.20. The molecule has 4 nitrogen and oxygen atoms in total. The molecule has 1 heterocycles. The van der Waals surface area contributed by atoms with Crippen LogP contribution in [0.1, 0.15) is 29.9 Å². The predicted octanol–water partition coefficient (Wildman–Crippen LogP) is 1.87. The molecule has 0 spiro atoms. The van der Waals surface area contributed by atoms with Crippen LogP contribution in [-0.4, -0.2) is 37.0 Å². The number of rotatable bonds is 3. The van der Waals surface area contributed by atoms with E-state index in [0.717, 1.165) is 6.42 Å². The number of piperidine rings is 1. The molecule has 1 fully saturated rings. The molecule has 2 rings (SSSR count). The summed E-state index contributed by atoms with van der Waals surface area (Å²) in [5.41, 5.74) is 2.42. The van der Waals surface area contributed by atoms with Gasteiger partial charge in [-0.3, -0.25) is 9.59 Å². The van der Waals surface area contributed by atoms with Crippen LogP contribution < -0.4 is 0 Å².